The fraction of sp³-hybridized carbons (Fsp3) is 0.250. The van der Waals surface area contributed by atoms with Crippen molar-refractivity contribution in [2.45, 2.75) is 32.5 Å². The number of nitrogens with one attached hydrogen (secondary N) is 2. The Morgan fingerprint density at radius 2 is 1.86 bits per heavy atom. The predicted octanol–water partition coefficient (Wildman–Crippen LogP) is 6.16. The van der Waals surface area contributed by atoms with E-state index in [1.807, 2.05) is 13.8 Å². The van der Waals surface area contributed by atoms with Gasteiger partial charge in [0.15, 0.2) is 0 Å². The third-order valence-electron chi connectivity index (χ3n) is 4.21. The van der Waals surface area contributed by atoms with E-state index in [1.165, 1.54) is 18.2 Å². The molecule has 0 unspecified atom stereocenters. The lowest BCUT2D eigenvalue weighted by atomic mass is 10.1. The molecule has 1 atom stereocenters. The van der Waals surface area contributed by atoms with E-state index >= 15 is 0 Å². The summed E-state index contributed by atoms with van der Waals surface area (Å²) in [5.41, 5.74) is -0.101. The average molecular weight is 422 g/mol. The first-order valence-electron chi connectivity index (χ1n) is 8.97. The largest absolute Gasteiger partial charge is 0.418 e. The van der Waals surface area contributed by atoms with E-state index in [0.717, 1.165) is 12.5 Å². The van der Waals surface area contributed by atoms with Gasteiger partial charge < -0.3 is 10.6 Å². The minimum absolute atomic E-state index is 0.0609. The molecule has 1 aromatic carbocycles. The zero-order valence-corrected chi connectivity index (χ0v) is 16.5. The number of halogens is 4. The van der Waals surface area contributed by atoms with Crippen molar-refractivity contribution >= 4 is 29.1 Å². The fourth-order valence-electron chi connectivity index (χ4n) is 2.56. The Labute approximate surface area is 171 Å². The van der Waals surface area contributed by atoms with Gasteiger partial charge in [0.25, 0.3) is 0 Å². The van der Waals surface area contributed by atoms with Gasteiger partial charge in [-0.05, 0) is 37.6 Å². The Kier molecular flexibility index (Phi) is 6.22. The van der Waals surface area contributed by atoms with Crippen LogP contribution in [0.25, 0.3) is 11.4 Å². The highest BCUT2D eigenvalue weighted by Crippen LogP contribution is 2.39. The van der Waals surface area contributed by atoms with Gasteiger partial charge in [-0.15, -0.1) is 0 Å². The molecule has 0 aliphatic rings. The molecule has 0 aliphatic heterocycles. The maximum Gasteiger partial charge on any atom is 0.418 e. The van der Waals surface area contributed by atoms with E-state index in [4.69, 9.17) is 11.6 Å². The molecule has 2 N–H and O–H groups in total. The van der Waals surface area contributed by atoms with Gasteiger partial charge in [0.1, 0.15) is 5.82 Å². The Morgan fingerprint density at radius 3 is 2.52 bits per heavy atom. The van der Waals surface area contributed by atoms with Gasteiger partial charge in [-0.1, -0.05) is 30.7 Å². The van der Waals surface area contributed by atoms with Gasteiger partial charge in [0, 0.05) is 18.3 Å². The minimum Gasteiger partial charge on any atom is -0.352 e. The lowest BCUT2D eigenvalue weighted by molar-refractivity contribution is -0.136. The Morgan fingerprint density at radius 1 is 1.07 bits per heavy atom. The average Bonchev–Trinajstić information content (AvgIpc) is 2.69. The maximum absolute atomic E-state index is 13.4. The third kappa shape index (κ3) is 5.14. The molecule has 2 heterocycles. The second-order valence-electron chi connectivity index (χ2n) is 6.42. The van der Waals surface area contributed by atoms with E-state index in [2.05, 4.69) is 25.6 Å². The molecular formula is C20H19ClF3N5. The number of aromatic nitrogens is 3. The third-order valence-corrected chi connectivity index (χ3v) is 4.53. The van der Waals surface area contributed by atoms with Crippen LogP contribution >= 0.6 is 11.6 Å². The lowest BCUT2D eigenvalue weighted by Gasteiger charge is -2.17. The molecule has 0 fully saturated rings. The van der Waals surface area contributed by atoms with Crippen LogP contribution < -0.4 is 10.6 Å². The highest BCUT2D eigenvalue weighted by atomic mass is 35.5. The Hall–Kier alpha value is -2.87. The number of para-hydroxylation sites is 1. The molecule has 0 spiro atoms. The van der Waals surface area contributed by atoms with Crippen LogP contribution in [-0.2, 0) is 6.18 Å². The molecule has 9 heteroatoms. The number of rotatable bonds is 6. The van der Waals surface area contributed by atoms with Crippen molar-refractivity contribution < 1.29 is 13.2 Å². The molecule has 29 heavy (non-hydrogen) atoms. The summed E-state index contributed by atoms with van der Waals surface area (Å²) in [7, 11) is 0. The van der Waals surface area contributed by atoms with Crippen LogP contribution in [0.4, 0.5) is 30.6 Å². The van der Waals surface area contributed by atoms with E-state index in [0.29, 0.717) is 11.4 Å². The molecule has 2 aromatic heterocycles. The summed E-state index contributed by atoms with van der Waals surface area (Å²) in [6, 6.07) is 10.5. The second-order valence-corrected chi connectivity index (χ2v) is 6.82. The lowest BCUT2D eigenvalue weighted by Crippen LogP contribution is -2.16. The van der Waals surface area contributed by atoms with Crippen molar-refractivity contribution in [2.75, 3.05) is 10.6 Å². The van der Waals surface area contributed by atoms with Crippen molar-refractivity contribution in [3.63, 3.8) is 0 Å². The maximum atomic E-state index is 13.4. The monoisotopic (exact) mass is 421 g/mol. The zero-order chi connectivity index (χ0) is 21.0. The van der Waals surface area contributed by atoms with Crippen LogP contribution in [-0.4, -0.2) is 21.0 Å². The molecule has 152 valence electrons. The predicted molar refractivity (Wildman–Crippen MR) is 108 cm³/mol. The number of alkyl halides is 3. The van der Waals surface area contributed by atoms with Crippen LogP contribution in [0, 0.1) is 0 Å². The van der Waals surface area contributed by atoms with Crippen molar-refractivity contribution in [1.82, 2.24) is 15.0 Å². The van der Waals surface area contributed by atoms with Crippen LogP contribution in [0.2, 0.25) is 5.02 Å². The standard InChI is InChI=1S/C20H19ClF3N5/c1-3-12(2)26-19-27-16(15-9-4-5-10-25-15)11-17(29-19)28-18-13(20(22,23)24)7-6-8-14(18)21/h4-12H,3H2,1-2H3,(H2,26,27,28,29)/t12-/m0/s1. The van der Waals surface area contributed by atoms with Crippen molar-refractivity contribution in [3.05, 3.63) is 59.2 Å². The van der Waals surface area contributed by atoms with Gasteiger partial charge in [-0.25, -0.2) is 4.98 Å². The minimum atomic E-state index is -4.57. The van der Waals surface area contributed by atoms with Crippen molar-refractivity contribution in [1.29, 1.82) is 0 Å². The molecule has 0 amide bonds. The van der Waals surface area contributed by atoms with Crippen LogP contribution in [0.15, 0.2) is 48.7 Å². The van der Waals surface area contributed by atoms with Gasteiger partial charge in [-0.3, -0.25) is 4.98 Å². The quantitative estimate of drug-likeness (QED) is 0.498. The summed E-state index contributed by atoms with van der Waals surface area (Å²) in [4.78, 5) is 13.0. The molecule has 0 aliphatic carbocycles. The van der Waals surface area contributed by atoms with E-state index in [9.17, 15) is 13.2 Å². The van der Waals surface area contributed by atoms with Crippen LogP contribution in [0.3, 0.4) is 0 Å². The normalized spacial score (nSPS) is 12.5. The van der Waals surface area contributed by atoms with E-state index in [1.54, 1.807) is 24.4 Å². The van der Waals surface area contributed by atoms with E-state index in [-0.39, 0.29) is 28.5 Å². The fourth-order valence-corrected chi connectivity index (χ4v) is 2.78. The highest BCUT2D eigenvalue weighted by Gasteiger charge is 2.34. The summed E-state index contributed by atoms with van der Waals surface area (Å²) in [6.45, 7) is 3.96. The number of anilines is 3. The number of pyridine rings is 1. The molecule has 3 aromatic rings. The van der Waals surface area contributed by atoms with Gasteiger partial charge in [0.2, 0.25) is 5.95 Å². The van der Waals surface area contributed by atoms with Crippen molar-refractivity contribution in [3.8, 4) is 11.4 Å². The highest BCUT2D eigenvalue weighted by molar-refractivity contribution is 6.33. The first-order valence-corrected chi connectivity index (χ1v) is 9.35. The number of nitrogens with zero attached hydrogens (tertiary/aromatic N) is 3. The SMILES string of the molecule is CC[C@H](C)Nc1nc(Nc2c(Cl)cccc2C(F)(F)F)cc(-c2ccccn2)n1. The topological polar surface area (TPSA) is 62.7 Å². The van der Waals surface area contributed by atoms with Crippen LogP contribution in [0.1, 0.15) is 25.8 Å². The summed E-state index contributed by atoms with van der Waals surface area (Å²) >= 11 is 6.05. The smallest absolute Gasteiger partial charge is 0.352 e. The summed E-state index contributed by atoms with van der Waals surface area (Å²) in [5, 5.41) is 5.80. The number of hydrogen-bond donors (Lipinski definition) is 2. The molecular weight excluding hydrogens is 403 g/mol. The van der Waals surface area contributed by atoms with Crippen molar-refractivity contribution in [2.24, 2.45) is 0 Å². The molecule has 0 bridgehead atoms. The molecule has 0 saturated carbocycles. The summed E-state index contributed by atoms with van der Waals surface area (Å²) < 4.78 is 40.3. The second kappa shape index (κ2) is 8.65. The first-order chi connectivity index (χ1) is 13.8. The zero-order valence-electron chi connectivity index (χ0n) is 15.8. The molecule has 0 radical (unpaired) electrons. The Balaban J connectivity index is 2.07. The van der Waals surface area contributed by atoms with Gasteiger partial charge in [-0.2, -0.15) is 18.2 Å². The summed E-state index contributed by atoms with van der Waals surface area (Å²) in [6.07, 6.45) is -2.13. The molecule has 5 nitrogen and oxygen atoms in total. The van der Waals surface area contributed by atoms with Gasteiger partial charge >= 0.3 is 6.18 Å². The number of benzene rings is 1. The molecule has 0 saturated heterocycles. The van der Waals surface area contributed by atoms with Crippen LogP contribution in [0.5, 0.6) is 0 Å². The Bertz CT molecular complexity index is 980. The molecule has 3 rings (SSSR count). The van der Waals surface area contributed by atoms with Gasteiger partial charge in [0.05, 0.1) is 27.7 Å². The first kappa shape index (κ1) is 20.9. The van der Waals surface area contributed by atoms with E-state index < -0.39 is 11.7 Å². The number of hydrogen-bond acceptors (Lipinski definition) is 5. The summed E-state index contributed by atoms with van der Waals surface area (Å²) in [5.74, 6) is 0.454.